The Labute approximate surface area is 96.7 Å². The van der Waals surface area contributed by atoms with Crippen molar-refractivity contribution < 1.29 is 24.0 Å². The van der Waals surface area contributed by atoms with E-state index in [-0.39, 0.29) is 12.1 Å². The molecule has 0 spiro atoms. The number of rotatable bonds is 3. The molecule has 0 amide bonds. The molecule has 8 heteroatoms. The molecule has 1 atom stereocenters. The molecule has 1 N–H and O–H groups in total. The van der Waals surface area contributed by atoms with Crippen LogP contribution in [0, 0.1) is 10.1 Å². The predicted octanol–water partition coefficient (Wildman–Crippen LogP) is -0.427. The van der Waals surface area contributed by atoms with Gasteiger partial charge in [-0.05, 0) is 12.8 Å². The minimum Gasteiger partial charge on any atom is -0.467 e. The van der Waals surface area contributed by atoms with Gasteiger partial charge in [-0.25, -0.2) is 9.59 Å². The van der Waals surface area contributed by atoms with Crippen LogP contribution in [-0.4, -0.2) is 37.1 Å². The van der Waals surface area contributed by atoms with Crippen LogP contribution in [0.15, 0.2) is 11.4 Å². The van der Waals surface area contributed by atoms with Crippen molar-refractivity contribution in [2.45, 2.75) is 18.9 Å². The summed E-state index contributed by atoms with van der Waals surface area (Å²) in [5.74, 6) is -1.56. The molecule has 1 aliphatic rings. The Kier molecular flexibility index (Phi) is 4.02. The highest BCUT2D eigenvalue weighted by molar-refractivity contribution is 5.87. The second-order valence-corrected chi connectivity index (χ2v) is 3.33. The first-order chi connectivity index (χ1) is 8.01. The maximum absolute atomic E-state index is 11.2. The Morgan fingerprint density at radius 3 is 2.53 bits per heavy atom. The molecule has 0 aliphatic carbocycles. The topological polar surface area (TPSA) is 108 Å². The molecular weight excluding hydrogens is 232 g/mol. The van der Waals surface area contributed by atoms with E-state index in [1.54, 1.807) is 0 Å². The first kappa shape index (κ1) is 12.9. The van der Waals surface area contributed by atoms with E-state index in [2.05, 4.69) is 14.8 Å². The van der Waals surface area contributed by atoms with Crippen LogP contribution >= 0.6 is 0 Å². The zero-order chi connectivity index (χ0) is 13.0. The van der Waals surface area contributed by atoms with E-state index >= 15 is 0 Å². The molecule has 0 radical (unpaired) electrons. The fraction of sp³-hybridized carbons (Fsp3) is 0.556. The van der Waals surface area contributed by atoms with Crippen LogP contribution in [-0.2, 0) is 19.1 Å². The van der Waals surface area contributed by atoms with Crippen LogP contribution in [0.3, 0.4) is 0 Å². The summed E-state index contributed by atoms with van der Waals surface area (Å²) >= 11 is 0. The van der Waals surface area contributed by atoms with Gasteiger partial charge in [0, 0.05) is 0 Å². The molecule has 1 aliphatic heterocycles. The molecule has 0 aromatic heterocycles. The molecule has 0 bridgehead atoms. The highest BCUT2D eigenvalue weighted by atomic mass is 16.6. The number of nitrogens with one attached hydrogen (secondary N) is 1. The smallest absolute Gasteiger partial charge is 0.411 e. The summed E-state index contributed by atoms with van der Waals surface area (Å²) in [6, 6.07) is -0.658. The minimum absolute atomic E-state index is 0.0947. The lowest BCUT2D eigenvalue weighted by Crippen LogP contribution is -2.32. The van der Waals surface area contributed by atoms with Gasteiger partial charge in [0.15, 0.2) is 0 Å². The van der Waals surface area contributed by atoms with Crippen molar-refractivity contribution in [1.82, 2.24) is 5.32 Å². The van der Waals surface area contributed by atoms with E-state index in [4.69, 9.17) is 0 Å². The zero-order valence-corrected chi connectivity index (χ0v) is 9.39. The number of hydrogen-bond acceptors (Lipinski definition) is 7. The third kappa shape index (κ3) is 2.71. The fourth-order valence-corrected chi connectivity index (χ4v) is 1.55. The van der Waals surface area contributed by atoms with Crippen molar-refractivity contribution in [3.8, 4) is 0 Å². The molecule has 1 fully saturated rings. The van der Waals surface area contributed by atoms with Gasteiger partial charge in [0.25, 0.3) is 0 Å². The van der Waals surface area contributed by atoms with E-state index in [1.807, 2.05) is 0 Å². The van der Waals surface area contributed by atoms with E-state index in [0.29, 0.717) is 6.42 Å². The second kappa shape index (κ2) is 5.28. The molecule has 0 aromatic rings. The SMILES string of the molecule is COC(=O)/C(=C1\CC[C@H](C(=O)OC)N1)[N+](=O)[O-]. The number of hydrogen-bond donors (Lipinski definition) is 1. The Hall–Kier alpha value is -2.12. The largest absolute Gasteiger partial charge is 0.467 e. The van der Waals surface area contributed by atoms with Gasteiger partial charge in [-0.15, -0.1) is 0 Å². The van der Waals surface area contributed by atoms with Crippen LogP contribution in [0.2, 0.25) is 0 Å². The first-order valence-electron chi connectivity index (χ1n) is 4.81. The Morgan fingerprint density at radius 1 is 1.41 bits per heavy atom. The lowest BCUT2D eigenvalue weighted by molar-refractivity contribution is -0.422. The molecule has 0 aromatic carbocycles. The number of nitrogens with zero attached hydrogens (tertiary/aromatic N) is 1. The van der Waals surface area contributed by atoms with Crippen molar-refractivity contribution >= 4 is 11.9 Å². The Morgan fingerprint density at radius 2 is 2.06 bits per heavy atom. The van der Waals surface area contributed by atoms with Crippen LogP contribution in [0.4, 0.5) is 0 Å². The standard InChI is InChI=1S/C9H12N2O6/c1-16-8(12)6-4-3-5(10-6)7(11(14)15)9(13)17-2/h6,10H,3-4H2,1-2H3/b7-5-/t6-/m1/s1. The highest BCUT2D eigenvalue weighted by Crippen LogP contribution is 2.20. The highest BCUT2D eigenvalue weighted by Gasteiger charge is 2.35. The number of methoxy groups -OCH3 is 2. The molecule has 8 nitrogen and oxygen atoms in total. The molecular formula is C9H12N2O6. The summed E-state index contributed by atoms with van der Waals surface area (Å²) in [7, 11) is 2.28. The van der Waals surface area contributed by atoms with E-state index in [0.717, 1.165) is 7.11 Å². The summed E-state index contributed by atoms with van der Waals surface area (Å²) in [4.78, 5) is 32.3. The molecule has 0 unspecified atom stereocenters. The van der Waals surface area contributed by atoms with Gasteiger partial charge in [0.05, 0.1) is 24.8 Å². The molecule has 17 heavy (non-hydrogen) atoms. The van der Waals surface area contributed by atoms with Gasteiger partial charge < -0.3 is 14.8 Å². The lowest BCUT2D eigenvalue weighted by atomic mass is 10.2. The monoisotopic (exact) mass is 244 g/mol. The van der Waals surface area contributed by atoms with Gasteiger partial charge >= 0.3 is 17.6 Å². The molecule has 1 rings (SSSR count). The summed E-state index contributed by atoms with van der Waals surface area (Å²) < 4.78 is 8.81. The third-order valence-electron chi connectivity index (χ3n) is 2.36. The number of carbonyl (C=O) groups excluding carboxylic acids is 2. The fourth-order valence-electron chi connectivity index (χ4n) is 1.55. The van der Waals surface area contributed by atoms with Crippen molar-refractivity contribution in [2.75, 3.05) is 14.2 Å². The predicted molar refractivity (Wildman–Crippen MR) is 54.2 cm³/mol. The van der Waals surface area contributed by atoms with Crippen molar-refractivity contribution in [3.63, 3.8) is 0 Å². The van der Waals surface area contributed by atoms with Gasteiger partial charge in [-0.2, -0.15) is 0 Å². The molecule has 0 saturated carbocycles. The zero-order valence-electron chi connectivity index (χ0n) is 9.39. The van der Waals surface area contributed by atoms with Gasteiger partial charge in [-0.3, -0.25) is 10.1 Å². The summed E-state index contributed by atoms with van der Waals surface area (Å²) in [6.07, 6.45) is 0.571. The molecule has 1 heterocycles. The summed E-state index contributed by atoms with van der Waals surface area (Å²) in [6.45, 7) is 0. The number of allylic oxidation sites excluding steroid dienone is 1. The third-order valence-corrected chi connectivity index (χ3v) is 2.36. The Balaban J connectivity index is 2.94. The van der Waals surface area contributed by atoms with Crippen molar-refractivity contribution in [1.29, 1.82) is 0 Å². The maximum atomic E-state index is 11.2. The molecule has 94 valence electrons. The number of carbonyl (C=O) groups is 2. The molecule has 1 saturated heterocycles. The summed E-state index contributed by atoms with van der Waals surface area (Å²) in [5.41, 5.74) is -0.573. The van der Waals surface area contributed by atoms with Crippen molar-refractivity contribution in [3.05, 3.63) is 21.5 Å². The quantitative estimate of drug-likeness (QED) is 0.310. The lowest BCUT2D eigenvalue weighted by Gasteiger charge is -2.07. The Bertz CT molecular complexity index is 389. The van der Waals surface area contributed by atoms with Crippen LogP contribution in [0.25, 0.3) is 0 Å². The van der Waals surface area contributed by atoms with E-state index in [9.17, 15) is 19.7 Å². The number of ether oxygens (including phenoxy) is 2. The van der Waals surface area contributed by atoms with E-state index in [1.165, 1.54) is 7.11 Å². The van der Waals surface area contributed by atoms with Gasteiger partial charge in [0.2, 0.25) is 0 Å². The van der Waals surface area contributed by atoms with Crippen LogP contribution < -0.4 is 5.32 Å². The van der Waals surface area contributed by atoms with Crippen LogP contribution in [0.1, 0.15) is 12.8 Å². The minimum atomic E-state index is -1.04. The summed E-state index contributed by atoms with van der Waals surface area (Å²) in [5, 5.41) is 13.3. The number of nitro groups is 1. The van der Waals surface area contributed by atoms with Gasteiger partial charge in [0.1, 0.15) is 6.04 Å². The average molecular weight is 244 g/mol. The van der Waals surface area contributed by atoms with Crippen LogP contribution in [0.5, 0.6) is 0 Å². The van der Waals surface area contributed by atoms with E-state index < -0.39 is 28.6 Å². The number of esters is 2. The van der Waals surface area contributed by atoms with Gasteiger partial charge in [-0.1, -0.05) is 0 Å². The average Bonchev–Trinajstić information content (AvgIpc) is 2.76. The normalized spacial score (nSPS) is 21.4. The maximum Gasteiger partial charge on any atom is 0.411 e. The van der Waals surface area contributed by atoms with Crippen molar-refractivity contribution in [2.24, 2.45) is 0 Å². The first-order valence-corrected chi connectivity index (χ1v) is 4.81. The second-order valence-electron chi connectivity index (χ2n) is 3.33.